The number of urea groups is 1. The van der Waals surface area contributed by atoms with E-state index in [1.165, 1.54) is 0 Å². The molecule has 0 bridgehead atoms. The zero-order chi connectivity index (χ0) is 20.1. The van der Waals surface area contributed by atoms with Gasteiger partial charge in [0.25, 0.3) is 0 Å². The van der Waals surface area contributed by atoms with Crippen molar-refractivity contribution in [3.05, 3.63) is 60.2 Å². The first kappa shape index (κ1) is 19.8. The summed E-state index contributed by atoms with van der Waals surface area (Å²) in [6.07, 6.45) is 1.34. The third kappa shape index (κ3) is 4.85. The van der Waals surface area contributed by atoms with Gasteiger partial charge in [-0.2, -0.15) is 0 Å². The fourth-order valence-corrected chi connectivity index (χ4v) is 3.38. The van der Waals surface area contributed by atoms with Crippen LogP contribution in [0.2, 0.25) is 0 Å². The number of nitrogens with one attached hydrogen (secondary N) is 2. The molecule has 7 heteroatoms. The van der Waals surface area contributed by atoms with Crippen molar-refractivity contribution >= 4 is 23.3 Å². The molecule has 0 unspecified atom stereocenters. The maximum absolute atomic E-state index is 13.7. The average Bonchev–Trinajstić information content (AvgIpc) is 2.71. The van der Waals surface area contributed by atoms with Gasteiger partial charge in [0, 0.05) is 30.8 Å². The number of piperidine rings is 1. The summed E-state index contributed by atoms with van der Waals surface area (Å²) in [5, 5.41) is 5.32. The molecule has 1 heterocycles. The van der Waals surface area contributed by atoms with Crippen LogP contribution in [0.3, 0.4) is 0 Å². The molecular weight excluding hydrogens is 364 g/mol. The van der Waals surface area contributed by atoms with Gasteiger partial charge in [-0.1, -0.05) is 25.1 Å². The summed E-state index contributed by atoms with van der Waals surface area (Å²) < 4.78 is 27.0. The van der Waals surface area contributed by atoms with Gasteiger partial charge in [0.2, 0.25) is 5.91 Å². The topological polar surface area (TPSA) is 61.4 Å². The molecule has 1 aliphatic rings. The molecule has 2 aromatic rings. The van der Waals surface area contributed by atoms with Crippen molar-refractivity contribution in [2.24, 2.45) is 11.8 Å². The lowest BCUT2D eigenvalue weighted by Gasteiger charge is -2.34. The van der Waals surface area contributed by atoms with E-state index in [2.05, 4.69) is 10.6 Å². The molecule has 1 atom stereocenters. The van der Waals surface area contributed by atoms with Crippen LogP contribution >= 0.6 is 0 Å². The van der Waals surface area contributed by atoms with Crippen LogP contribution in [-0.4, -0.2) is 29.9 Å². The number of carbonyl (C=O) groups is 2. The van der Waals surface area contributed by atoms with Gasteiger partial charge >= 0.3 is 6.03 Å². The molecule has 0 aliphatic carbocycles. The zero-order valence-electron chi connectivity index (χ0n) is 15.6. The number of likely N-dealkylation sites (tertiary alicyclic amines) is 1. The quantitative estimate of drug-likeness (QED) is 0.812. The Morgan fingerprint density at radius 2 is 1.71 bits per heavy atom. The number of hydrogen-bond donors (Lipinski definition) is 2. The maximum atomic E-state index is 13.7. The van der Waals surface area contributed by atoms with Crippen LogP contribution in [0.4, 0.5) is 25.0 Å². The fraction of sp³-hybridized carbons (Fsp3) is 0.333. The lowest BCUT2D eigenvalue weighted by Crippen LogP contribution is -2.43. The molecule has 0 radical (unpaired) electrons. The summed E-state index contributed by atoms with van der Waals surface area (Å²) in [7, 11) is 0. The Balaban J connectivity index is 1.51. The second kappa shape index (κ2) is 8.82. The first-order valence-corrected chi connectivity index (χ1v) is 9.31. The average molecular weight is 387 g/mol. The van der Waals surface area contributed by atoms with Gasteiger partial charge in [-0.25, -0.2) is 13.6 Å². The number of amides is 3. The smallest absolute Gasteiger partial charge is 0.321 e. The first-order chi connectivity index (χ1) is 13.4. The van der Waals surface area contributed by atoms with E-state index >= 15 is 0 Å². The second-order valence-corrected chi connectivity index (χ2v) is 7.02. The predicted molar refractivity (Wildman–Crippen MR) is 104 cm³/mol. The van der Waals surface area contributed by atoms with Crippen molar-refractivity contribution < 1.29 is 18.4 Å². The van der Waals surface area contributed by atoms with Crippen LogP contribution in [0.5, 0.6) is 0 Å². The van der Waals surface area contributed by atoms with Crippen LogP contribution in [0.1, 0.15) is 19.8 Å². The Morgan fingerprint density at radius 3 is 2.39 bits per heavy atom. The number of anilines is 2. The molecule has 148 valence electrons. The predicted octanol–water partition coefficient (Wildman–Crippen LogP) is 4.48. The molecule has 1 saturated heterocycles. The van der Waals surface area contributed by atoms with Crippen molar-refractivity contribution in [2.75, 3.05) is 23.7 Å². The van der Waals surface area contributed by atoms with E-state index in [1.807, 2.05) is 30.3 Å². The maximum Gasteiger partial charge on any atom is 0.321 e. The molecule has 1 fully saturated rings. The normalized spacial score (nSPS) is 15.8. The van der Waals surface area contributed by atoms with Gasteiger partial charge < -0.3 is 15.5 Å². The molecule has 2 N–H and O–H groups in total. The molecule has 5 nitrogen and oxygen atoms in total. The summed E-state index contributed by atoms with van der Waals surface area (Å²) in [5.74, 6) is -1.94. The summed E-state index contributed by atoms with van der Waals surface area (Å²) >= 11 is 0. The second-order valence-electron chi connectivity index (χ2n) is 7.02. The highest BCUT2D eigenvalue weighted by molar-refractivity contribution is 5.92. The van der Waals surface area contributed by atoms with E-state index in [0.29, 0.717) is 25.9 Å². The van der Waals surface area contributed by atoms with Gasteiger partial charge in [0.05, 0.1) is 5.69 Å². The lowest BCUT2D eigenvalue weighted by molar-refractivity contribution is -0.121. The number of nitrogens with zero attached hydrogens (tertiary/aromatic N) is 1. The van der Waals surface area contributed by atoms with Gasteiger partial charge in [-0.05, 0) is 43.0 Å². The molecule has 3 amide bonds. The van der Waals surface area contributed by atoms with Gasteiger partial charge in [-0.15, -0.1) is 0 Å². The minimum Gasteiger partial charge on any atom is -0.325 e. The van der Waals surface area contributed by atoms with Crippen molar-refractivity contribution in [3.63, 3.8) is 0 Å². The molecule has 1 aliphatic heterocycles. The van der Waals surface area contributed by atoms with E-state index in [1.54, 1.807) is 11.8 Å². The Morgan fingerprint density at radius 1 is 1.04 bits per heavy atom. The van der Waals surface area contributed by atoms with Crippen LogP contribution < -0.4 is 10.6 Å². The number of hydrogen-bond acceptors (Lipinski definition) is 2. The fourth-order valence-electron chi connectivity index (χ4n) is 3.38. The van der Waals surface area contributed by atoms with Crippen molar-refractivity contribution in [1.29, 1.82) is 0 Å². The van der Waals surface area contributed by atoms with Crippen molar-refractivity contribution in [1.82, 2.24) is 4.90 Å². The van der Waals surface area contributed by atoms with E-state index in [-0.39, 0.29) is 29.5 Å². The summed E-state index contributed by atoms with van der Waals surface area (Å²) in [5.41, 5.74) is 0.580. The summed E-state index contributed by atoms with van der Waals surface area (Å²) in [4.78, 5) is 26.5. The first-order valence-electron chi connectivity index (χ1n) is 9.31. The van der Waals surface area contributed by atoms with Crippen LogP contribution in [0.25, 0.3) is 0 Å². The number of halogens is 2. The van der Waals surface area contributed by atoms with E-state index in [0.717, 1.165) is 23.9 Å². The van der Waals surface area contributed by atoms with E-state index < -0.39 is 11.6 Å². The van der Waals surface area contributed by atoms with E-state index in [4.69, 9.17) is 0 Å². The minimum absolute atomic E-state index is 0.0670. The summed E-state index contributed by atoms with van der Waals surface area (Å²) in [6, 6.07) is 12.0. The highest BCUT2D eigenvalue weighted by atomic mass is 19.1. The van der Waals surface area contributed by atoms with Crippen LogP contribution in [-0.2, 0) is 4.79 Å². The highest BCUT2D eigenvalue weighted by Crippen LogP contribution is 2.27. The van der Waals surface area contributed by atoms with Gasteiger partial charge in [0.15, 0.2) is 0 Å². The Hall–Kier alpha value is -2.96. The minimum atomic E-state index is -0.672. The Labute approximate surface area is 162 Å². The standard InChI is InChI=1S/C21H23F2N3O2/c1-14(20(27)25-19-13-16(22)7-8-18(19)23)15-9-11-26(12-10-15)21(28)24-17-5-3-2-4-6-17/h2-8,13-15H,9-12H2,1H3,(H,24,28)(H,25,27)/t14-/m0/s1. The Bertz CT molecular complexity index is 837. The van der Waals surface area contributed by atoms with E-state index in [9.17, 15) is 18.4 Å². The number of carbonyl (C=O) groups excluding carboxylic acids is 2. The lowest BCUT2D eigenvalue weighted by atomic mass is 9.85. The van der Waals surface area contributed by atoms with Crippen LogP contribution in [0.15, 0.2) is 48.5 Å². The molecular formula is C21H23F2N3O2. The van der Waals surface area contributed by atoms with Crippen molar-refractivity contribution in [2.45, 2.75) is 19.8 Å². The van der Waals surface area contributed by atoms with Crippen LogP contribution in [0, 0.1) is 23.5 Å². The number of benzene rings is 2. The largest absolute Gasteiger partial charge is 0.325 e. The van der Waals surface area contributed by atoms with Gasteiger partial charge in [0.1, 0.15) is 11.6 Å². The molecule has 0 spiro atoms. The number of rotatable bonds is 4. The monoisotopic (exact) mass is 387 g/mol. The number of para-hydroxylation sites is 1. The van der Waals surface area contributed by atoms with Crippen molar-refractivity contribution in [3.8, 4) is 0 Å². The summed E-state index contributed by atoms with van der Waals surface area (Å²) in [6.45, 7) is 2.85. The molecule has 28 heavy (non-hydrogen) atoms. The molecule has 3 rings (SSSR count). The van der Waals surface area contributed by atoms with Gasteiger partial charge in [-0.3, -0.25) is 4.79 Å². The zero-order valence-corrected chi connectivity index (χ0v) is 15.6. The SMILES string of the molecule is C[C@H](C(=O)Nc1cc(F)ccc1F)C1CCN(C(=O)Nc2ccccc2)CC1. The molecule has 0 saturated carbocycles. The Kier molecular flexibility index (Phi) is 6.23. The third-order valence-corrected chi connectivity index (χ3v) is 5.16. The molecule has 0 aromatic heterocycles. The molecule has 2 aromatic carbocycles. The highest BCUT2D eigenvalue weighted by Gasteiger charge is 2.30. The third-order valence-electron chi connectivity index (χ3n) is 5.16.